The summed E-state index contributed by atoms with van der Waals surface area (Å²) in [5.74, 6) is -3.62. The van der Waals surface area contributed by atoms with Crippen LogP contribution in [0.2, 0.25) is 0 Å². The third-order valence-corrected chi connectivity index (χ3v) is 2.45. The van der Waals surface area contributed by atoms with E-state index in [9.17, 15) is 27.2 Å². The summed E-state index contributed by atoms with van der Waals surface area (Å²) in [6, 6.07) is 1.21. The Bertz CT molecular complexity index is 528. The molecule has 0 heterocycles. The van der Waals surface area contributed by atoms with Crippen molar-refractivity contribution in [1.29, 1.82) is 0 Å². The SMILES string of the molecule is COC(=O)C(C)NC(=O)c1cccc(C(F)(F)F)c1F. The summed E-state index contributed by atoms with van der Waals surface area (Å²) in [4.78, 5) is 22.7. The smallest absolute Gasteiger partial charge is 0.419 e. The Hall–Kier alpha value is -2.12. The van der Waals surface area contributed by atoms with Crippen molar-refractivity contribution in [2.45, 2.75) is 19.1 Å². The molecule has 1 atom stereocenters. The Labute approximate surface area is 111 Å². The maximum Gasteiger partial charge on any atom is 0.419 e. The molecule has 1 amide bonds. The summed E-state index contributed by atoms with van der Waals surface area (Å²) in [6.07, 6.45) is -4.91. The van der Waals surface area contributed by atoms with Gasteiger partial charge in [-0.15, -0.1) is 0 Å². The van der Waals surface area contributed by atoms with Gasteiger partial charge in [0.2, 0.25) is 0 Å². The van der Waals surface area contributed by atoms with Crippen LogP contribution < -0.4 is 5.32 Å². The van der Waals surface area contributed by atoms with E-state index in [1.54, 1.807) is 0 Å². The molecule has 1 rings (SSSR count). The van der Waals surface area contributed by atoms with Gasteiger partial charge in [0.05, 0.1) is 18.2 Å². The maximum absolute atomic E-state index is 13.7. The zero-order valence-electron chi connectivity index (χ0n) is 10.5. The fourth-order valence-electron chi connectivity index (χ4n) is 1.44. The molecule has 0 saturated heterocycles. The van der Waals surface area contributed by atoms with Crippen LogP contribution >= 0.6 is 0 Å². The lowest BCUT2D eigenvalue weighted by Crippen LogP contribution is -2.39. The predicted octanol–water partition coefficient (Wildman–Crippen LogP) is 2.14. The van der Waals surface area contributed by atoms with Crippen LogP contribution in [0, 0.1) is 5.82 Å². The molecule has 0 fully saturated rings. The van der Waals surface area contributed by atoms with Gasteiger partial charge in [0, 0.05) is 0 Å². The summed E-state index contributed by atoms with van der Waals surface area (Å²) < 4.78 is 55.5. The quantitative estimate of drug-likeness (QED) is 0.686. The molecule has 110 valence electrons. The lowest BCUT2D eigenvalue weighted by Gasteiger charge is -2.14. The molecule has 1 aromatic rings. The molecule has 0 aliphatic heterocycles. The molecule has 8 heteroatoms. The highest BCUT2D eigenvalue weighted by Gasteiger charge is 2.35. The van der Waals surface area contributed by atoms with E-state index in [2.05, 4.69) is 4.74 Å². The van der Waals surface area contributed by atoms with E-state index in [-0.39, 0.29) is 0 Å². The number of amides is 1. The maximum atomic E-state index is 13.7. The monoisotopic (exact) mass is 293 g/mol. The number of alkyl halides is 3. The molecule has 0 aliphatic rings. The van der Waals surface area contributed by atoms with Gasteiger partial charge in [0.1, 0.15) is 11.9 Å². The van der Waals surface area contributed by atoms with Gasteiger partial charge in [0.15, 0.2) is 0 Å². The zero-order valence-corrected chi connectivity index (χ0v) is 10.5. The molecule has 20 heavy (non-hydrogen) atoms. The first-order valence-corrected chi connectivity index (χ1v) is 5.43. The van der Waals surface area contributed by atoms with E-state index in [4.69, 9.17) is 0 Å². The van der Waals surface area contributed by atoms with Gasteiger partial charge in [0.25, 0.3) is 5.91 Å². The summed E-state index contributed by atoms with van der Waals surface area (Å²) >= 11 is 0. The van der Waals surface area contributed by atoms with Crippen LogP contribution in [0.25, 0.3) is 0 Å². The summed E-state index contributed by atoms with van der Waals surface area (Å²) in [5.41, 5.74) is -2.34. The highest BCUT2D eigenvalue weighted by Crippen LogP contribution is 2.32. The number of carbonyl (C=O) groups is 2. The molecule has 4 nitrogen and oxygen atoms in total. The number of halogens is 4. The summed E-state index contributed by atoms with van der Waals surface area (Å²) in [7, 11) is 1.08. The average molecular weight is 293 g/mol. The van der Waals surface area contributed by atoms with Crippen molar-refractivity contribution in [1.82, 2.24) is 5.32 Å². The van der Waals surface area contributed by atoms with Crippen molar-refractivity contribution in [2.75, 3.05) is 7.11 Å². The minimum absolute atomic E-state index is 0.524. The zero-order chi connectivity index (χ0) is 15.5. The van der Waals surface area contributed by atoms with Gasteiger partial charge < -0.3 is 10.1 Å². The fraction of sp³-hybridized carbons (Fsp3) is 0.333. The normalized spacial score (nSPS) is 12.7. The average Bonchev–Trinajstić information content (AvgIpc) is 2.36. The Morgan fingerprint density at radius 2 is 1.90 bits per heavy atom. The number of ether oxygens (including phenoxy) is 1. The number of esters is 1. The van der Waals surface area contributed by atoms with E-state index in [1.165, 1.54) is 6.92 Å². The van der Waals surface area contributed by atoms with Crippen molar-refractivity contribution in [3.8, 4) is 0 Å². The first-order valence-electron chi connectivity index (χ1n) is 5.43. The minimum Gasteiger partial charge on any atom is -0.467 e. The highest BCUT2D eigenvalue weighted by molar-refractivity contribution is 5.97. The lowest BCUT2D eigenvalue weighted by atomic mass is 10.1. The van der Waals surface area contributed by atoms with E-state index >= 15 is 0 Å². The van der Waals surface area contributed by atoms with Crippen LogP contribution in [0.3, 0.4) is 0 Å². The topological polar surface area (TPSA) is 55.4 Å². The molecule has 0 aromatic heterocycles. The van der Waals surface area contributed by atoms with Crippen LogP contribution in [0.1, 0.15) is 22.8 Å². The molecular weight excluding hydrogens is 282 g/mol. The third-order valence-electron chi connectivity index (χ3n) is 2.45. The summed E-state index contributed by atoms with van der Waals surface area (Å²) in [6.45, 7) is 1.26. The van der Waals surface area contributed by atoms with Gasteiger partial charge in [-0.3, -0.25) is 4.79 Å². The predicted molar refractivity (Wildman–Crippen MR) is 60.3 cm³/mol. The minimum atomic E-state index is -4.91. The number of benzene rings is 1. The first-order chi connectivity index (χ1) is 9.18. The molecule has 0 bridgehead atoms. The third kappa shape index (κ3) is 3.46. The molecule has 1 aromatic carbocycles. The molecule has 0 saturated carbocycles. The number of hydrogen-bond donors (Lipinski definition) is 1. The van der Waals surface area contributed by atoms with Crippen LogP contribution in [-0.4, -0.2) is 25.0 Å². The second kappa shape index (κ2) is 5.89. The van der Waals surface area contributed by atoms with E-state index in [0.717, 1.165) is 19.2 Å². The fourth-order valence-corrected chi connectivity index (χ4v) is 1.44. The van der Waals surface area contributed by atoms with Crippen molar-refractivity contribution in [2.24, 2.45) is 0 Å². The Morgan fingerprint density at radius 1 is 1.30 bits per heavy atom. The molecule has 1 unspecified atom stereocenters. The number of hydrogen-bond acceptors (Lipinski definition) is 3. The molecule has 1 N–H and O–H groups in total. The van der Waals surface area contributed by atoms with E-state index in [1.807, 2.05) is 5.32 Å². The Morgan fingerprint density at radius 3 is 2.40 bits per heavy atom. The molecular formula is C12H11F4NO3. The standard InChI is InChI=1S/C12H11F4NO3/c1-6(11(19)20-2)17-10(18)7-4-3-5-8(9(7)13)12(14,15)16/h3-6H,1-2H3,(H,17,18). The Kier molecular flexibility index (Phi) is 4.69. The van der Waals surface area contributed by atoms with Gasteiger partial charge >= 0.3 is 12.1 Å². The highest BCUT2D eigenvalue weighted by atomic mass is 19.4. The number of nitrogens with one attached hydrogen (secondary N) is 1. The van der Waals surface area contributed by atoms with Crippen molar-refractivity contribution < 1.29 is 31.9 Å². The van der Waals surface area contributed by atoms with Gasteiger partial charge in [-0.05, 0) is 19.1 Å². The Balaban J connectivity index is 3.03. The first kappa shape index (κ1) is 15.9. The van der Waals surface area contributed by atoms with Crippen LogP contribution in [0.15, 0.2) is 18.2 Å². The number of rotatable bonds is 3. The van der Waals surface area contributed by atoms with Crippen LogP contribution in [-0.2, 0) is 15.7 Å². The van der Waals surface area contributed by atoms with Gasteiger partial charge in [-0.1, -0.05) is 6.07 Å². The molecule has 0 spiro atoms. The van der Waals surface area contributed by atoms with Crippen LogP contribution in [0.4, 0.5) is 17.6 Å². The van der Waals surface area contributed by atoms with Crippen molar-refractivity contribution in [3.05, 3.63) is 35.1 Å². The van der Waals surface area contributed by atoms with Gasteiger partial charge in [-0.25, -0.2) is 9.18 Å². The largest absolute Gasteiger partial charge is 0.467 e. The second-order valence-corrected chi connectivity index (χ2v) is 3.88. The number of carbonyl (C=O) groups excluding carboxylic acids is 2. The summed E-state index contributed by atoms with van der Waals surface area (Å²) in [5, 5.41) is 2.05. The lowest BCUT2D eigenvalue weighted by molar-refractivity contribution is -0.142. The number of methoxy groups -OCH3 is 1. The molecule has 0 aliphatic carbocycles. The van der Waals surface area contributed by atoms with Crippen molar-refractivity contribution in [3.63, 3.8) is 0 Å². The van der Waals surface area contributed by atoms with Gasteiger partial charge in [-0.2, -0.15) is 13.2 Å². The van der Waals surface area contributed by atoms with Crippen molar-refractivity contribution >= 4 is 11.9 Å². The second-order valence-electron chi connectivity index (χ2n) is 3.88. The molecule has 0 radical (unpaired) electrons. The van der Waals surface area contributed by atoms with E-state index < -0.39 is 41.0 Å². The van der Waals surface area contributed by atoms with Crippen LogP contribution in [0.5, 0.6) is 0 Å². The van der Waals surface area contributed by atoms with E-state index in [0.29, 0.717) is 6.07 Å².